The smallest absolute Gasteiger partial charge is 0.272 e. The standard InChI is InChI=1S/C17H16N2O/c1-2-12-8-9-15-13(10-12)11-16(19-15)17(20)18-14-6-4-3-5-7-14/h3-11,19H,2H2,1H3,(H,18,20). The van der Waals surface area contributed by atoms with E-state index in [2.05, 4.69) is 29.4 Å². The topological polar surface area (TPSA) is 44.9 Å². The summed E-state index contributed by atoms with van der Waals surface area (Å²) >= 11 is 0. The molecule has 3 rings (SSSR count). The van der Waals surface area contributed by atoms with Gasteiger partial charge in [-0.2, -0.15) is 0 Å². The summed E-state index contributed by atoms with van der Waals surface area (Å²) in [6, 6.07) is 17.6. The highest BCUT2D eigenvalue weighted by Crippen LogP contribution is 2.18. The predicted octanol–water partition coefficient (Wildman–Crippen LogP) is 3.98. The zero-order valence-electron chi connectivity index (χ0n) is 11.3. The van der Waals surface area contributed by atoms with Crippen molar-refractivity contribution < 1.29 is 4.79 Å². The second-order valence-corrected chi connectivity index (χ2v) is 4.78. The van der Waals surface area contributed by atoms with Crippen molar-refractivity contribution in [1.82, 2.24) is 4.98 Å². The van der Waals surface area contributed by atoms with Crippen molar-refractivity contribution in [3.8, 4) is 0 Å². The number of carbonyl (C=O) groups is 1. The summed E-state index contributed by atoms with van der Waals surface area (Å²) in [4.78, 5) is 15.4. The Labute approximate surface area is 117 Å². The molecule has 2 aromatic carbocycles. The number of amides is 1. The predicted molar refractivity (Wildman–Crippen MR) is 82.1 cm³/mol. The van der Waals surface area contributed by atoms with Crippen LogP contribution in [0.1, 0.15) is 23.0 Å². The number of nitrogens with one attached hydrogen (secondary N) is 2. The molecule has 0 bridgehead atoms. The highest BCUT2D eigenvalue weighted by Gasteiger charge is 2.09. The van der Waals surface area contributed by atoms with Gasteiger partial charge in [0.1, 0.15) is 5.69 Å². The summed E-state index contributed by atoms with van der Waals surface area (Å²) in [5.74, 6) is -0.120. The van der Waals surface area contributed by atoms with Crippen LogP contribution in [-0.4, -0.2) is 10.9 Å². The lowest BCUT2D eigenvalue weighted by Gasteiger charge is -2.02. The molecular formula is C17H16N2O. The van der Waals surface area contributed by atoms with E-state index in [0.717, 1.165) is 23.0 Å². The molecule has 0 aliphatic heterocycles. The molecular weight excluding hydrogens is 248 g/mol. The molecule has 2 N–H and O–H groups in total. The maximum Gasteiger partial charge on any atom is 0.272 e. The molecule has 3 nitrogen and oxygen atoms in total. The molecule has 20 heavy (non-hydrogen) atoms. The molecule has 100 valence electrons. The second kappa shape index (κ2) is 5.21. The van der Waals surface area contributed by atoms with Crippen LogP contribution in [-0.2, 0) is 6.42 Å². The quantitative estimate of drug-likeness (QED) is 0.738. The average molecular weight is 264 g/mol. The maximum absolute atomic E-state index is 12.2. The molecule has 0 unspecified atom stereocenters. The Morgan fingerprint density at radius 2 is 1.90 bits per heavy atom. The molecule has 0 aliphatic rings. The Hall–Kier alpha value is -2.55. The second-order valence-electron chi connectivity index (χ2n) is 4.78. The molecule has 0 fully saturated rings. The first-order valence-electron chi connectivity index (χ1n) is 6.74. The molecule has 0 saturated heterocycles. The number of carbonyl (C=O) groups excluding carboxylic acids is 1. The summed E-state index contributed by atoms with van der Waals surface area (Å²) in [7, 11) is 0. The summed E-state index contributed by atoms with van der Waals surface area (Å²) in [6.45, 7) is 2.12. The third kappa shape index (κ3) is 2.43. The molecule has 3 heteroatoms. The van der Waals surface area contributed by atoms with Crippen LogP contribution in [0, 0.1) is 0 Å². The van der Waals surface area contributed by atoms with E-state index in [9.17, 15) is 4.79 Å². The summed E-state index contributed by atoms with van der Waals surface area (Å²) in [6.07, 6.45) is 0.993. The Morgan fingerprint density at radius 3 is 2.65 bits per heavy atom. The van der Waals surface area contributed by atoms with Gasteiger partial charge in [0.15, 0.2) is 0 Å². The van der Waals surface area contributed by atoms with Crippen LogP contribution >= 0.6 is 0 Å². The molecule has 0 radical (unpaired) electrons. The van der Waals surface area contributed by atoms with Gasteiger partial charge in [-0.25, -0.2) is 0 Å². The molecule has 1 aromatic heterocycles. The molecule has 0 saturated carbocycles. The lowest BCUT2D eigenvalue weighted by atomic mass is 10.1. The van der Waals surface area contributed by atoms with Crippen LogP contribution in [0.25, 0.3) is 10.9 Å². The van der Waals surface area contributed by atoms with Crippen molar-refractivity contribution in [1.29, 1.82) is 0 Å². The molecule has 3 aromatic rings. The number of benzene rings is 2. The van der Waals surface area contributed by atoms with Crippen LogP contribution in [0.4, 0.5) is 5.69 Å². The molecule has 1 amide bonds. The van der Waals surface area contributed by atoms with Crippen molar-refractivity contribution >= 4 is 22.5 Å². The van der Waals surface area contributed by atoms with Gasteiger partial charge in [-0.15, -0.1) is 0 Å². The minimum atomic E-state index is -0.120. The van der Waals surface area contributed by atoms with E-state index in [4.69, 9.17) is 0 Å². The van der Waals surface area contributed by atoms with E-state index in [1.54, 1.807) is 0 Å². The van der Waals surface area contributed by atoms with E-state index in [0.29, 0.717) is 5.69 Å². The highest BCUT2D eigenvalue weighted by molar-refractivity contribution is 6.05. The third-order valence-corrected chi connectivity index (χ3v) is 3.37. The van der Waals surface area contributed by atoms with Crippen LogP contribution < -0.4 is 5.32 Å². The van der Waals surface area contributed by atoms with E-state index >= 15 is 0 Å². The summed E-state index contributed by atoms with van der Waals surface area (Å²) < 4.78 is 0. The van der Waals surface area contributed by atoms with Gasteiger partial charge in [0.05, 0.1) is 0 Å². The lowest BCUT2D eigenvalue weighted by molar-refractivity contribution is 0.102. The number of anilines is 1. The van der Waals surface area contributed by atoms with Gasteiger partial charge < -0.3 is 10.3 Å². The fraction of sp³-hybridized carbons (Fsp3) is 0.118. The van der Waals surface area contributed by atoms with Gasteiger partial charge in [0, 0.05) is 16.6 Å². The van der Waals surface area contributed by atoms with Crippen molar-refractivity contribution in [2.45, 2.75) is 13.3 Å². The minimum Gasteiger partial charge on any atom is -0.351 e. The van der Waals surface area contributed by atoms with Gasteiger partial charge in [-0.3, -0.25) is 4.79 Å². The summed E-state index contributed by atoms with van der Waals surface area (Å²) in [5, 5.41) is 3.95. The average Bonchev–Trinajstić information content (AvgIpc) is 2.91. The van der Waals surface area contributed by atoms with E-state index in [1.807, 2.05) is 42.5 Å². The van der Waals surface area contributed by atoms with Gasteiger partial charge in [0.25, 0.3) is 5.91 Å². The molecule has 0 spiro atoms. The van der Waals surface area contributed by atoms with Crippen molar-refractivity contribution in [2.75, 3.05) is 5.32 Å². The van der Waals surface area contributed by atoms with Gasteiger partial charge in [-0.05, 0) is 42.3 Å². The molecule has 0 atom stereocenters. The zero-order chi connectivity index (χ0) is 13.9. The van der Waals surface area contributed by atoms with Gasteiger partial charge >= 0.3 is 0 Å². The molecule has 0 aliphatic carbocycles. The Bertz CT molecular complexity index is 744. The SMILES string of the molecule is CCc1ccc2[nH]c(C(=O)Nc3ccccc3)cc2c1. The number of aryl methyl sites for hydroxylation is 1. The van der Waals surface area contributed by atoms with E-state index < -0.39 is 0 Å². The Morgan fingerprint density at radius 1 is 1.10 bits per heavy atom. The number of hydrogen-bond acceptors (Lipinski definition) is 1. The minimum absolute atomic E-state index is 0.120. The van der Waals surface area contributed by atoms with Gasteiger partial charge in [0.2, 0.25) is 0 Å². The van der Waals surface area contributed by atoms with Crippen molar-refractivity contribution in [3.05, 3.63) is 65.9 Å². The lowest BCUT2D eigenvalue weighted by Crippen LogP contribution is -2.11. The normalized spacial score (nSPS) is 10.7. The number of fused-ring (bicyclic) bond motifs is 1. The Kier molecular flexibility index (Phi) is 3.25. The van der Waals surface area contributed by atoms with Crippen LogP contribution in [0.15, 0.2) is 54.6 Å². The van der Waals surface area contributed by atoms with E-state index in [-0.39, 0.29) is 5.91 Å². The van der Waals surface area contributed by atoms with E-state index in [1.165, 1.54) is 5.56 Å². The van der Waals surface area contributed by atoms with Gasteiger partial charge in [-0.1, -0.05) is 31.2 Å². The van der Waals surface area contributed by atoms with Crippen LogP contribution in [0.5, 0.6) is 0 Å². The van der Waals surface area contributed by atoms with Crippen molar-refractivity contribution in [3.63, 3.8) is 0 Å². The Balaban J connectivity index is 1.88. The maximum atomic E-state index is 12.2. The number of hydrogen-bond donors (Lipinski definition) is 2. The molecule has 1 heterocycles. The fourth-order valence-corrected chi connectivity index (χ4v) is 2.24. The number of H-pyrrole nitrogens is 1. The number of aromatic amines is 1. The fourth-order valence-electron chi connectivity index (χ4n) is 2.24. The first-order chi connectivity index (χ1) is 9.76. The van der Waals surface area contributed by atoms with Crippen LogP contribution in [0.3, 0.4) is 0 Å². The highest BCUT2D eigenvalue weighted by atomic mass is 16.1. The largest absolute Gasteiger partial charge is 0.351 e. The number of rotatable bonds is 3. The third-order valence-electron chi connectivity index (χ3n) is 3.37. The first kappa shape index (κ1) is 12.5. The number of para-hydroxylation sites is 1. The first-order valence-corrected chi connectivity index (χ1v) is 6.74. The van der Waals surface area contributed by atoms with Crippen LogP contribution in [0.2, 0.25) is 0 Å². The summed E-state index contributed by atoms with van der Waals surface area (Å²) in [5.41, 5.74) is 3.63. The zero-order valence-corrected chi connectivity index (χ0v) is 11.3. The number of aromatic nitrogens is 1. The van der Waals surface area contributed by atoms with Crippen molar-refractivity contribution in [2.24, 2.45) is 0 Å². The monoisotopic (exact) mass is 264 g/mol.